The van der Waals surface area contributed by atoms with Crippen LogP contribution in [0, 0.1) is 0 Å². The van der Waals surface area contributed by atoms with Crippen LogP contribution in [0.3, 0.4) is 0 Å². The molecule has 0 bridgehead atoms. The highest BCUT2D eigenvalue weighted by Gasteiger charge is 2.24. The van der Waals surface area contributed by atoms with Crippen LogP contribution in [0.4, 0.5) is 4.79 Å². The Bertz CT molecular complexity index is 391. The summed E-state index contributed by atoms with van der Waals surface area (Å²) >= 11 is 0. The van der Waals surface area contributed by atoms with Gasteiger partial charge in [0.15, 0.2) is 0 Å². The number of ether oxygens (including phenoxy) is 1. The Morgan fingerprint density at radius 1 is 1.14 bits per heavy atom. The molecule has 1 aliphatic rings. The minimum Gasteiger partial charge on any atom is -0.444 e. The predicted molar refractivity (Wildman–Crippen MR) is 86.1 cm³/mol. The first-order valence-electron chi connectivity index (χ1n) is 7.51. The van der Waals surface area contributed by atoms with Crippen molar-refractivity contribution in [2.45, 2.75) is 71.1 Å². The number of nitrogens with one attached hydrogen (secondary N) is 2. The molecule has 0 heterocycles. The third-order valence-electron chi connectivity index (χ3n) is 3.23. The highest BCUT2D eigenvalue weighted by atomic mass is 16.6. The highest BCUT2D eigenvalue weighted by Crippen LogP contribution is 2.19. The molecule has 0 atom stereocenters. The summed E-state index contributed by atoms with van der Waals surface area (Å²) in [5.41, 5.74) is -0.447. The van der Waals surface area contributed by atoms with E-state index in [-0.39, 0.29) is 12.1 Å². The first-order chi connectivity index (χ1) is 9.80. The maximum Gasteiger partial charge on any atom is 0.407 e. The number of aliphatic imine (C=N–C) groups is 2. The van der Waals surface area contributed by atoms with Gasteiger partial charge >= 0.3 is 6.09 Å². The monoisotopic (exact) mass is 296 g/mol. The smallest absolute Gasteiger partial charge is 0.407 e. The summed E-state index contributed by atoms with van der Waals surface area (Å²) in [6.45, 7) is 7.55. The number of rotatable bonds is 3. The van der Waals surface area contributed by atoms with Gasteiger partial charge in [0.25, 0.3) is 0 Å². The van der Waals surface area contributed by atoms with E-state index in [1.165, 1.54) is 6.34 Å². The average Bonchev–Trinajstić information content (AvgIpc) is 2.36. The molecule has 0 aromatic rings. The Hall–Kier alpha value is -1.59. The zero-order valence-corrected chi connectivity index (χ0v) is 13.8. The number of carbonyl (C=O) groups is 1. The lowest BCUT2D eigenvalue weighted by atomic mass is 9.91. The largest absolute Gasteiger partial charge is 0.444 e. The summed E-state index contributed by atoms with van der Waals surface area (Å²) < 4.78 is 5.28. The summed E-state index contributed by atoms with van der Waals surface area (Å²) in [4.78, 5) is 19.7. The number of alkyl carbamates (subject to hydrolysis) is 1. The molecule has 1 saturated carbocycles. The molecule has 1 aliphatic carbocycles. The molecule has 21 heavy (non-hydrogen) atoms. The summed E-state index contributed by atoms with van der Waals surface area (Å²) in [5, 5.41) is 6.32. The van der Waals surface area contributed by atoms with E-state index in [0.29, 0.717) is 6.04 Å². The minimum atomic E-state index is -0.447. The van der Waals surface area contributed by atoms with Crippen LogP contribution in [0.1, 0.15) is 53.4 Å². The molecule has 120 valence electrons. The van der Waals surface area contributed by atoms with Crippen LogP contribution in [-0.4, -0.2) is 43.0 Å². The van der Waals surface area contributed by atoms with Crippen LogP contribution in [0.5, 0.6) is 0 Å². The van der Waals surface area contributed by atoms with Gasteiger partial charge in [0.1, 0.15) is 17.8 Å². The minimum absolute atomic E-state index is 0.201. The van der Waals surface area contributed by atoms with E-state index in [1.54, 1.807) is 7.05 Å². The van der Waals surface area contributed by atoms with E-state index in [9.17, 15) is 4.79 Å². The van der Waals surface area contributed by atoms with Crippen molar-refractivity contribution in [2.24, 2.45) is 9.98 Å². The lowest BCUT2D eigenvalue weighted by Gasteiger charge is -2.30. The van der Waals surface area contributed by atoms with E-state index in [4.69, 9.17) is 4.74 Å². The van der Waals surface area contributed by atoms with Crippen molar-refractivity contribution in [3.8, 4) is 0 Å². The van der Waals surface area contributed by atoms with Gasteiger partial charge in [-0.05, 0) is 53.4 Å². The lowest BCUT2D eigenvalue weighted by Crippen LogP contribution is -2.44. The maximum absolute atomic E-state index is 11.7. The second-order valence-electron chi connectivity index (χ2n) is 6.43. The van der Waals surface area contributed by atoms with Gasteiger partial charge in [-0.15, -0.1) is 0 Å². The number of hydrogen-bond acceptors (Lipinski definition) is 3. The van der Waals surface area contributed by atoms with Crippen molar-refractivity contribution in [2.75, 3.05) is 7.05 Å². The molecule has 1 rings (SSSR count). The third kappa shape index (κ3) is 7.68. The van der Waals surface area contributed by atoms with E-state index in [0.717, 1.165) is 31.5 Å². The van der Waals surface area contributed by atoms with Crippen molar-refractivity contribution in [1.82, 2.24) is 10.6 Å². The molecule has 1 fully saturated rings. The Kier molecular flexibility index (Phi) is 6.65. The molecule has 0 spiro atoms. The van der Waals surface area contributed by atoms with Crippen molar-refractivity contribution in [3.05, 3.63) is 0 Å². The lowest BCUT2D eigenvalue weighted by molar-refractivity contribution is 0.0490. The Morgan fingerprint density at radius 3 is 2.14 bits per heavy atom. The Morgan fingerprint density at radius 2 is 1.67 bits per heavy atom. The van der Waals surface area contributed by atoms with E-state index < -0.39 is 5.60 Å². The number of amidine groups is 1. The zero-order valence-electron chi connectivity index (χ0n) is 13.8. The Labute approximate surface area is 127 Å². The maximum atomic E-state index is 11.7. The second kappa shape index (κ2) is 8.00. The van der Waals surface area contributed by atoms with Crippen LogP contribution in [0.25, 0.3) is 0 Å². The molecule has 2 N–H and O–H groups in total. The molecule has 0 saturated heterocycles. The second-order valence-corrected chi connectivity index (χ2v) is 6.43. The number of hydrogen-bond donors (Lipinski definition) is 2. The summed E-state index contributed by atoms with van der Waals surface area (Å²) in [7, 11) is 1.70. The molecular weight excluding hydrogens is 268 g/mol. The van der Waals surface area contributed by atoms with Gasteiger partial charge in [-0.2, -0.15) is 0 Å². The predicted octanol–water partition coefficient (Wildman–Crippen LogP) is 2.49. The average molecular weight is 296 g/mol. The Balaban J connectivity index is 2.31. The zero-order chi connectivity index (χ0) is 15.9. The number of carbonyl (C=O) groups excluding carboxylic acids is 1. The van der Waals surface area contributed by atoms with Crippen molar-refractivity contribution in [3.63, 3.8) is 0 Å². The summed E-state index contributed by atoms with van der Waals surface area (Å²) in [6, 6.07) is 0.614. The van der Waals surface area contributed by atoms with Gasteiger partial charge in [-0.25, -0.2) is 9.79 Å². The molecule has 0 radical (unpaired) electrons. The SMILES string of the molecule is C/N=C\N=C(/C)N[C@H]1CC[C@@H](NC(=O)OC(C)(C)C)CC1. The quantitative estimate of drug-likeness (QED) is 0.620. The van der Waals surface area contributed by atoms with Crippen LogP contribution >= 0.6 is 0 Å². The molecule has 6 nitrogen and oxygen atoms in total. The van der Waals surface area contributed by atoms with E-state index >= 15 is 0 Å². The van der Waals surface area contributed by atoms with Crippen molar-refractivity contribution in [1.29, 1.82) is 0 Å². The topological polar surface area (TPSA) is 75.1 Å². The number of nitrogens with zero attached hydrogens (tertiary/aromatic N) is 2. The molecule has 0 aromatic heterocycles. The fraction of sp³-hybridized carbons (Fsp3) is 0.800. The van der Waals surface area contributed by atoms with Crippen molar-refractivity contribution < 1.29 is 9.53 Å². The molecule has 1 amide bonds. The van der Waals surface area contributed by atoms with Crippen LogP contribution in [-0.2, 0) is 4.74 Å². The molecular formula is C15H28N4O2. The van der Waals surface area contributed by atoms with Crippen LogP contribution < -0.4 is 10.6 Å². The van der Waals surface area contributed by atoms with Gasteiger partial charge in [0.05, 0.1) is 0 Å². The first kappa shape index (κ1) is 17.5. The first-order valence-corrected chi connectivity index (χ1v) is 7.51. The number of amides is 1. The fourth-order valence-corrected chi connectivity index (χ4v) is 2.33. The van der Waals surface area contributed by atoms with Gasteiger partial charge in [-0.1, -0.05) is 0 Å². The molecule has 0 aromatic carbocycles. The summed E-state index contributed by atoms with van der Waals surface area (Å²) in [6.07, 6.45) is 5.14. The fourth-order valence-electron chi connectivity index (χ4n) is 2.33. The normalized spacial score (nSPS) is 24.0. The molecule has 0 unspecified atom stereocenters. The van der Waals surface area contributed by atoms with Crippen molar-refractivity contribution >= 4 is 18.3 Å². The van der Waals surface area contributed by atoms with Gasteiger partial charge in [-0.3, -0.25) is 4.99 Å². The molecule has 6 heteroatoms. The van der Waals surface area contributed by atoms with Crippen LogP contribution in [0.2, 0.25) is 0 Å². The standard InChI is InChI=1S/C15H28N4O2/c1-11(17-10-16-5)18-12-6-8-13(9-7-12)19-14(20)21-15(2,3)4/h10,12-13H,6-9H2,1-5H3,(H,19,20)(H,16,17,18)/t12-,13+. The van der Waals surface area contributed by atoms with Gasteiger partial charge in [0.2, 0.25) is 0 Å². The third-order valence-corrected chi connectivity index (χ3v) is 3.23. The van der Waals surface area contributed by atoms with Crippen LogP contribution in [0.15, 0.2) is 9.98 Å². The highest BCUT2D eigenvalue weighted by molar-refractivity contribution is 5.86. The van der Waals surface area contributed by atoms with E-state index in [2.05, 4.69) is 20.6 Å². The van der Waals surface area contributed by atoms with Gasteiger partial charge < -0.3 is 15.4 Å². The van der Waals surface area contributed by atoms with Gasteiger partial charge in [0, 0.05) is 19.1 Å². The summed E-state index contributed by atoms with van der Waals surface area (Å²) in [5.74, 6) is 0.879. The van der Waals surface area contributed by atoms with E-state index in [1.807, 2.05) is 27.7 Å². The molecule has 0 aliphatic heterocycles.